The summed E-state index contributed by atoms with van der Waals surface area (Å²) in [5, 5.41) is 6.78. The van der Waals surface area contributed by atoms with E-state index in [-0.39, 0.29) is 18.1 Å². The predicted octanol–water partition coefficient (Wildman–Crippen LogP) is 1.79. The molecule has 0 spiro atoms. The standard InChI is InChI=1S/C13H13N3O2/c1-10(17)8-13(18)15-11-4-2-5-12(9-11)16-7-3-6-14-16/h2-7,9H,8H2,1H3,(H,15,18). The Bertz CT molecular complexity index is 561. The second-order valence-corrected chi connectivity index (χ2v) is 3.93. The molecule has 1 aromatic carbocycles. The van der Waals surface area contributed by atoms with Gasteiger partial charge in [0.05, 0.1) is 12.1 Å². The minimum atomic E-state index is -0.305. The first-order valence-corrected chi connectivity index (χ1v) is 5.54. The largest absolute Gasteiger partial charge is 0.326 e. The molecule has 1 amide bonds. The Balaban J connectivity index is 2.13. The van der Waals surface area contributed by atoms with Gasteiger partial charge in [-0.05, 0) is 31.2 Å². The van der Waals surface area contributed by atoms with E-state index in [2.05, 4.69) is 10.4 Å². The molecule has 0 fully saturated rings. The average molecular weight is 243 g/mol. The topological polar surface area (TPSA) is 64.0 Å². The third-order valence-corrected chi connectivity index (χ3v) is 2.31. The molecule has 0 saturated heterocycles. The van der Waals surface area contributed by atoms with Crippen molar-refractivity contribution in [1.82, 2.24) is 9.78 Å². The van der Waals surface area contributed by atoms with Crippen molar-refractivity contribution >= 4 is 17.4 Å². The fourth-order valence-electron chi connectivity index (χ4n) is 1.58. The summed E-state index contributed by atoms with van der Waals surface area (Å²) in [5.74, 6) is -0.462. The number of amides is 1. The number of carbonyl (C=O) groups excluding carboxylic acids is 2. The van der Waals surface area contributed by atoms with Crippen LogP contribution in [0.1, 0.15) is 13.3 Å². The fourth-order valence-corrected chi connectivity index (χ4v) is 1.58. The van der Waals surface area contributed by atoms with Crippen molar-refractivity contribution in [3.63, 3.8) is 0 Å². The summed E-state index contributed by atoms with van der Waals surface area (Å²) >= 11 is 0. The van der Waals surface area contributed by atoms with Gasteiger partial charge in [0.2, 0.25) is 5.91 Å². The van der Waals surface area contributed by atoms with E-state index in [9.17, 15) is 9.59 Å². The molecule has 0 saturated carbocycles. The van der Waals surface area contributed by atoms with Crippen LogP contribution in [-0.2, 0) is 9.59 Å². The van der Waals surface area contributed by atoms with Gasteiger partial charge in [-0.3, -0.25) is 9.59 Å². The van der Waals surface area contributed by atoms with E-state index in [0.29, 0.717) is 5.69 Å². The van der Waals surface area contributed by atoms with Crippen LogP contribution in [0.3, 0.4) is 0 Å². The van der Waals surface area contributed by atoms with Crippen molar-refractivity contribution < 1.29 is 9.59 Å². The number of hydrogen-bond acceptors (Lipinski definition) is 3. The van der Waals surface area contributed by atoms with E-state index in [1.165, 1.54) is 6.92 Å². The lowest BCUT2D eigenvalue weighted by atomic mass is 10.2. The molecule has 0 aliphatic carbocycles. The first-order valence-electron chi connectivity index (χ1n) is 5.54. The van der Waals surface area contributed by atoms with Gasteiger partial charge in [0.15, 0.2) is 0 Å². The minimum Gasteiger partial charge on any atom is -0.326 e. The smallest absolute Gasteiger partial charge is 0.231 e. The van der Waals surface area contributed by atoms with E-state index in [1.807, 2.05) is 24.4 Å². The number of rotatable bonds is 4. The molecule has 5 nitrogen and oxygen atoms in total. The van der Waals surface area contributed by atoms with Gasteiger partial charge in [0.1, 0.15) is 5.78 Å². The van der Waals surface area contributed by atoms with Gasteiger partial charge in [0.25, 0.3) is 0 Å². The molecule has 0 aliphatic heterocycles. The van der Waals surface area contributed by atoms with Gasteiger partial charge >= 0.3 is 0 Å². The number of benzene rings is 1. The van der Waals surface area contributed by atoms with E-state index in [0.717, 1.165) is 5.69 Å². The Morgan fingerprint density at radius 2 is 2.17 bits per heavy atom. The Kier molecular flexibility index (Phi) is 3.52. The normalized spacial score (nSPS) is 10.1. The highest BCUT2D eigenvalue weighted by atomic mass is 16.2. The zero-order valence-corrected chi connectivity index (χ0v) is 9.96. The Labute approximate surface area is 104 Å². The van der Waals surface area contributed by atoms with Crippen LogP contribution < -0.4 is 5.32 Å². The second-order valence-electron chi connectivity index (χ2n) is 3.93. The molecule has 5 heteroatoms. The predicted molar refractivity (Wildman–Crippen MR) is 67.5 cm³/mol. The number of aromatic nitrogens is 2. The molecule has 92 valence electrons. The van der Waals surface area contributed by atoms with Crippen molar-refractivity contribution in [2.45, 2.75) is 13.3 Å². The summed E-state index contributed by atoms with van der Waals surface area (Å²) in [6.07, 6.45) is 3.39. The van der Waals surface area contributed by atoms with Crippen LogP contribution in [0.15, 0.2) is 42.7 Å². The van der Waals surface area contributed by atoms with Crippen molar-refractivity contribution in [3.05, 3.63) is 42.7 Å². The first-order chi connectivity index (χ1) is 8.65. The molecule has 2 rings (SSSR count). The maximum atomic E-state index is 11.5. The van der Waals surface area contributed by atoms with Crippen molar-refractivity contribution in [1.29, 1.82) is 0 Å². The van der Waals surface area contributed by atoms with Gasteiger partial charge in [-0.15, -0.1) is 0 Å². The number of nitrogens with zero attached hydrogens (tertiary/aromatic N) is 2. The van der Waals surface area contributed by atoms with E-state index < -0.39 is 0 Å². The summed E-state index contributed by atoms with van der Waals surface area (Å²) in [6.45, 7) is 1.39. The first kappa shape index (κ1) is 12.0. The van der Waals surface area contributed by atoms with Crippen LogP contribution >= 0.6 is 0 Å². The molecule has 1 heterocycles. The maximum Gasteiger partial charge on any atom is 0.231 e. The average Bonchev–Trinajstić information content (AvgIpc) is 2.81. The molecule has 0 aliphatic rings. The van der Waals surface area contributed by atoms with Crippen molar-refractivity contribution in [2.75, 3.05) is 5.32 Å². The van der Waals surface area contributed by atoms with Crippen LogP contribution in [0.5, 0.6) is 0 Å². The molecule has 0 radical (unpaired) electrons. The molecule has 1 N–H and O–H groups in total. The number of nitrogens with one attached hydrogen (secondary N) is 1. The SMILES string of the molecule is CC(=O)CC(=O)Nc1cccc(-n2cccn2)c1. The summed E-state index contributed by atoms with van der Waals surface area (Å²) in [4.78, 5) is 22.3. The van der Waals surface area contributed by atoms with Crippen LogP contribution in [-0.4, -0.2) is 21.5 Å². The third kappa shape index (κ3) is 3.04. The lowest BCUT2D eigenvalue weighted by Crippen LogP contribution is -2.14. The molecule has 0 bridgehead atoms. The third-order valence-electron chi connectivity index (χ3n) is 2.31. The summed E-state index contributed by atoms with van der Waals surface area (Å²) in [7, 11) is 0. The molecule has 1 aromatic heterocycles. The number of hydrogen-bond donors (Lipinski definition) is 1. The highest BCUT2D eigenvalue weighted by molar-refractivity contribution is 6.03. The molecule has 0 atom stereocenters. The number of anilines is 1. The van der Waals surface area contributed by atoms with E-state index in [1.54, 1.807) is 23.0 Å². The van der Waals surface area contributed by atoms with E-state index in [4.69, 9.17) is 0 Å². The Hall–Kier alpha value is -2.43. The lowest BCUT2D eigenvalue weighted by molar-refractivity contribution is -0.124. The van der Waals surface area contributed by atoms with Gasteiger partial charge in [-0.1, -0.05) is 6.07 Å². The van der Waals surface area contributed by atoms with Gasteiger partial charge < -0.3 is 5.32 Å². The van der Waals surface area contributed by atoms with Crippen LogP contribution in [0, 0.1) is 0 Å². The van der Waals surface area contributed by atoms with Crippen LogP contribution in [0.25, 0.3) is 5.69 Å². The zero-order valence-electron chi connectivity index (χ0n) is 9.96. The zero-order chi connectivity index (χ0) is 13.0. The maximum absolute atomic E-state index is 11.5. The Morgan fingerprint density at radius 1 is 1.33 bits per heavy atom. The quantitative estimate of drug-likeness (QED) is 0.832. The summed E-state index contributed by atoms with van der Waals surface area (Å²) in [5.41, 5.74) is 1.50. The Morgan fingerprint density at radius 3 is 2.83 bits per heavy atom. The lowest BCUT2D eigenvalue weighted by Gasteiger charge is -2.06. The summed E-state index contributed by atoms with van der Waals surface area (Å²) < 4.78 is 1.70. The fraction of sp³-hybridized carbons (Fsp3) is 0.154. The monoisotopic (exact) mass is 243 g/mol. The van der Waals surface area contributed by atoms with Crippen molar-refractivity contribution in [2.24, 2.45) is 0 Å². The van der Waals surface area contributed by atoms with Gasteiger partial charge in [0, 0.05) is 18.1 Å². The van der Waals surface area contributed by atoms with Crippen LogP contribution in [0.4, 0.5) is 5.69 Å². The van der Waals surface area contributed by atoms with Gasteiger partial charge in [-0.25, -0.2) is 4.68 Å². The molecule has 18 heavy (non-hydrogen) atoms. The van der Waals surface area contributed by atoms with Crippen molar-refractivity contribution in [3.8, 4) is 5.69 Å². The highest BCUT2D eigenvalue weighted by Crippen LogP contribution is 2.14. The molecular formula is C13H13N3O2. The van der Waals surface area contributed by atoms with Gasteiger partial charge in [-0.2, -0.15) is 5.10 Å². The second kappa shape index (κ2) is 5.27. The number of ketones is 1. The summed E-state index contributed by atoms with van der Waals surface area (Å²) in [6, 6.07) is 9.09. The molecular weight excluding hydrogens is 230 g/mol. The number of carbonyl (C=O) groups is 2. The highest BCUT2D eigenvalue weighted by Gasteiger charge is 2.06. The number of Topliss-reactive ketones (excluding diaryl/α,β-unsaturated/α-hetero) is 1. The van der Waals surface area contributed by atoms with E-state index >= 15 is 0 Å². The van der Waals surface area contributed by atoms with Crippen LogP contribution in [0.2, 0.25) is 0 Å². The molecule has 0 unspecified atom stereocenters. The molecule has 2 aromatic rings. The minimum absolute atomic E-state index is 0.105.